The van der Waals surface area contributed by atoms with Crippen LogP contribution in [-0.2, 0) is 6.42 Å². The second-order valence-electron chi connectivity index (χ2n) is 5.37. The molecule has 84 valence electrons. The number of Topliss-reactive ketones (excluding diaryl/α,β-unsaturated/α-hetero) is 1. The van der Waals surface area contributed by atoms with E-state index in [1.165, 1.54) is 0 Å². The van der Waals surface area contributed by atoms with E-state index in [0.717, 1.165) is 17.7 Å². The van der Waals surface area contributed by atoms with Gasteiger partial charge in [0.15, 0.2) is 5.78 Å². The Hall–Kier alpha value is -1.49. The molecule has 1 heterocycles. The van der Waals surface area contributed by atoms with Gasteiger partial charge in [0.1, 0.15) is 0 Å². The summed E-state index contributed by atoms with van der Waals surface area (Å²) in [6.45, 7) is 6.24. The third-order valence-electron chi connectivity index (χ3n) is 3.27. The van der Waals surface area contributed by atoms with E-state index in [-0.39, 0.29) is 17.2 Å². The zero-order valence-corrected chi connectivity index (χ0v) is 10.1. The number of rotatable bonds is 1. The summed E-state index contributed by atoms with van der Waals surface area (Å²) in [5, 5.41) is 0. The molecule has 1 atom stereocenters. The highest BCUT2D eigenvalue weighted by molar-refractivity contribution is 5.98. The van der Waals surface area contributed by atoms with Gasteiger partial charge < -0.3 is 4.57 Å². The van der Waals surface area contributed by atoms with E-state index in [1.54, 1.807) is 0 Å². The summed E-state index contributed by atoms with van der Waals surface area (Å²) in [5.74, 6) is 2.96. The van der Waals surface area contributed by atoms with Gasteiger partial charge in [0.2, 0.25) is 0 Å². The van der Waals surface area contributed by atoms with Crippen LogP contribution in [0.5, 0.6) is 0 Å². The molecule has 0 aromatic carbocycles. The molecule has 16 heavy (non-hydrogen) atoms. The van der Waals surface area contributed by atoms with Crippen LogP contribution in [0.15, 0.2) is 12.3 Å². The van der Waals surface area contributed by atoms with Crippen molar-refractivity contribution in [3.8, 4) is 12.3 Å². The standard InChI is InChI=1S/C14H17NO/c1-5-10(2)15-7-6-11-12(15)8-14(3,4)9-13(11)16/h1,6-7,10H,8-9H2,2-4H3. The van der Waals surface area contributed by atoms with Crippen LogP contribution in [-0.4, -0.2) is 10.4 Å². The average Bonchev–Trinajstić information content (AvgIpc) is 2.58. The van der Waals surface area contributed by atoms with Crippen molar-refractivity contribution in [1.29, 1.82) is 0 Å². The molecular formula is C14H17NO. The van der Waals surface area contributed by atoms with Crippen LogP contribution in [0.3, 0.4) is 0 Å². The second kappa shape index (κ2) is 3.52. The van der Waals surface area contributed by atoms with E-state index >= 15 is 0 Å². The Morgan fingerprint density at radius 2 is 2.19 bits per heavy atom. The van der Waals surface area contributed by atoms with E-state index < -0.39 is 0 Å². The summed E-state index contributed by atoms with van der Waals surface area (Å²) in [5.41, 5.74) is 2.02. The lowest BCUT2D eigenvalue weighted by molar-refractivity contribution is 0.0910. The number of ketones is 1. The zero-order valence-electron chi connectivity index (χ0n) is 10.1. The minimum absolute atomic E-state index is 0.0189. The Labute approximate surface area is 96.7 Å². The number of hydrogen-bond acceptors (Lipinski definition) is 1. The molecule has 0 fully saturated rings. The largest absolute Gasteiger partial charge is 0.337 e. The monoisotopic (exact) mass is 215 g/mol. The predicted octanol–water partition coefficient (Wildman–Crippen LogP) is 2.84. The SMILES string of the molecule is C#CC(C)n1ccc2c1CC(C)(C)CC2=O. The van der Waals surface area contributed by atoms with E-state index in [2.05, 4.69) is 19.8 Å². The Morgan fingerprint density at radius 3 is 2.81 bits per heavy atom. The van der Waals surface area contributed by atoms with Gasteiger partial charge in [-0.25, -0.2) is 0 Å². The number of carbonyl (C=O) groups is 1. The first kappa shape index (κ1) is 11.0. The summed E-state index contributed by atoms with van der Waals surface area (Å²) in [6.07, 6.45) is 8.94. The number of terminal acetylenes is 1. The van der Waals surface area contributed by atoms with Gasteiger partial charge in [0, 0.05) is 23.9 Å². The van der Waals surface area contributed by atoms with Gasteiger partial charge in [-0.3, -0.25) is 4.79 Å². The molecule has 0 saturated carbocycles. The maximum atomic E-state index is 12.0. The highest BCUT2D eigenvalue weighted by Crippen LogP contribution is 2.36. The Morgan fingerprint density at radius 1 is 1.50 bits per heavy atom. The summed E-state index contributed by atoms with van der Waals surface area (Å²) in [7, 11) is 0. The van der Waals surface area contributed by atoms with Crippen LogP contribution in [0.25, 0.3) is 0 Å². The number of carbonyl (C=O) groups excluding carboxylic acids is 1. The molecule has 0 bridgehead atoms. The molecule has 2 nitrogen and oxygen atoms in total. The average molecular weight is 215 g/mol. The molecule has 0 spiro atoms. The van der Waals surface area contributed by atoms with Gasteiger partial charge >= 0.3 is 0 Å². The first-order valence-corrected chi connectivity index (χ1v) is 5.64. The lowest BCUT2D eigenvalue weighted by Crippen LogP contribution is -2.28. The van der Waals surface area contributed by atoms with E-state index in [9.17, 15) is 4.79 Å². The van der Waals surface area contributed by atoms with E-state index in [0.29, 0.717) is 6.42 Å². The summed E-state index contributed by atoms with van der Waals surface area (Å²) in [4.78, 5) is 12.0. The minimum Gasteiger partial charge on any atom is -0.337 e. The highest BCUT2D eigenvalue weighted by Gasteiger charge is 2.33. The quantitative estimate of drug-likeness (QED) is 0.660. The number of aromatic nitrogens is 1. The van der Waals surface area contributed by atoms with Gasteiger partial charge in [0.05, 0.1) is 6.04 Å². The molecule has 0 amide bonds. The fraction of sp³-hybridized carbons (Fsp3) is 0.500. The highest BCUT2D eigenvalue weighted by atomic mass is 16.1. The van der Waals surface area contributed by atoms with Gasteiger partial charge in [-0.1, -0.05) is 19.8 Å². The van der Waals surface area contributed by atoms with Crippen LogP contribution >= 0.6 is 0 Å². The maximum absolute atomic E-state index is 12.0. The fourth-order valence-electron chi connectivity index (χ4n) is 2.41. The van der Waals surface area contributed by atoms with Crippen molar-refractivity contribution < 1.29 is 4.79 Å². The van der Waals surface area contributed by atoms with Crippen molar-refractivity contribution in [2.45, 2.75) is 39.7 Å². The predicted molar refractivity (Wildman–Crippen MR) is 64.4 cm³/mol. The summed E-state index contributed by atoms with van der Waals surface area (Å²) < 4.78 is 2.05. The topological polar surface area (TPSA) is 22.0 Å². The van der Waals surface area contributed by atoms with Crippen molar-refractivity contribution in [3.63, 3.8) is 0 Å². The third-order valence-corrected chi connectivity index (χ3v) is 3.27. The molecule has 0 aliphatic heterocycles. The lowest BCUT2D eigenvalue weighted by Gasteiger charge is -2.30. The molecule has 1 unspecified atom stereocenters. The number of nitrogens with zero attached hydrogens (tertiary/aromatic N) is 1. The van der Waals surface area contributed by atoms with Crippen molar-refractivity contribution in [2.24, 2.45) is 5.41 Å². The van der Waals surface area contributed by atoms with Crippen molar-refractivity contribution in [1.82, 2.24) is 4.57 Å². The van der Waals surface area contributed by atoms with Gasteiger partial charge in [-0.05, 0) is 24.8 Å². The molecule has 0 N–H and O–H groups in total. The molecular weight excluding hydrogens is 198 g/mol. The maximum Gasteiger partial charge on any atom is 0.165 e. The molecule has 1 aliphatic carbocycles. The Bertz CT molecular complexity index is 473. The first-order valence-electron chi connectivity index (χ1n) is 5.64. The van der Waals surface area contributed by atoms with Gasteiger partial charge in [-0.2, -0.15) is 0 Å². The second-order valence-corrected chi connectivity index (χ2v) is 5.37. The minimum atomic E-state index is 0.0189. The first-order chi connectivity index (χ1) is 7.44. The van der Waals surface area contributed by atoms with Crippen LogP contribution in [0, 0.1) is 17.8 Å². The van der Waals surface area contributed by atoms with Crippen molar-refractivity contribution in [2.75, 3.05) is 0 Å². The molecule has 1 aromatic rings. The molecule has 2 heteroatoms. The Balaban J connectivity index is 2.50. The van der Waals surface area contributed by atoms with Crippen LogP contribution in [0.1, 0.15) is 49.3 Å². The van der Waals surface area contributed by atoms with Crippen LogP contribution < -0.4 is 0 Å². The molecule has 1 aromatic heterocycles. The molecule has 2 rings (SSSR count). The zero-order chi connectivity index (χ0) is 11.9. The number of fused-ring (bicyclic) bond motifs is 1. The van der Waals surface area contributed by atoms with Crippen molar-refractivity contribution >= 4 is 5.78 Å². The molecule has 1 aliphatic rings. The fourth-order valence-corrected chi connectivity index (χ4v) is 2.41. The lowest BCUT2D eigenvalue weighted by atomic mass is 9.76. The summed E-state index contributed by atoms with van der Waals surface area (Å²) >= 11 is 0. The van der Waals surface area contributed by atoms with Crippen molar-refractivity contribution in [3.05, 3.63) is 23.5 Å². The summed E-state index contributed by atoms with van der Waals surface area (Å²) in [6, 6.07) is 1.92. The smallest absolute Gasteiger partial charge is 0.165 e. The van der Waals surface area contributed by atoms with Gasteiger partial charge in [0.25, 0.3) is 0 Å². The van der Waals surface area contributed by atoms with E-state index in [4.69, 9.17) is 6.42 Å². The van der Waals surface area contributed by atoms with E-state index in [1.807, 2.05) is 23.8 Å². The molecule has 0 saturated heterocycles. The number of hydrogen-bond donors (Lipinski definition) is 0. The normalized spacial score (nSPS) is 20.0. The Kier molecular flexibility index (Phi) is 2.42. The molecule has 0 radical (unpaired) electrons. The van der Waals surface area contributed by atoms with Gasteiger partial charge in [-0.15, -0.1) is 6.42 Å². The third kappa shape index (κ3) is 1.67. The van der Waals surface area contributed by atoms with Crippen LogP contribution in [0.4, 0.5) is 0 Å². The van der Waals surface area contributed by atoms with Crippen LogP contribution in [0.2, 0.25) is 0 Å².